The standard InChI is InChI=1S/C20H15NO/c22-13-18-12-16-7-3-4-8-19(16)21-20(18)17-10-9-14-5-1-2-6-15(14)11-17/h1-13,20-21H/t20-/m1/s1. The highest BCUT2D eigenvalue weighted by Crippen LogP contribution is 2.35. The van der Waals surface area contributed by atoms with Crippen molar-refractivity contribution < 1.29 is 4.79 Å². The number of aldehydes is 1. The Morgan fingerprint density at radius 1 is 0.864 bits per heavy atom. The first-order valence-corrected chi connectivity index (χ1v) is 7.36. The molecule has 0 amide bonds. The predicted molar refractivity (Wildman–Crippen MR) is 90.8 cm³/mol. The average Bonchev–Trinajstić information content (AvgIpc) is 2.60. The van der Waals surface area contributed by atoms with Crippen molar-refractivity contribution in [2.24, 2.45) is 0 Å². The van der Waals surface area contributed by atoms with Crippen LogP contribution in [0.2, 0.25) is 0 Å². The van der Waals surface area contributed by atoms with E-state index in [0.717, 1.165) is 28.7 Å². The minimum absolute atomic E-state index is 0.1000. The van der Waals surface area contributed by atoms with Crippen LogP contribution in [-0.4, -0.2) is 6.29 Å². The van der Waals surface area contributed by atoms with Crippen molar-refractivity contribution >= 4 is 28.8 Å². The second-order valence-corrected chi connectivity index (χ2v) is 5.53. The summed E-state index contributed by atoms with van der Waals surface area (Å²) in [7, 11) is 0. The van der Waals surface area contributed by atoms with Crippen molar-refractivity contribution in [2.75, 3.05) is 5.32 Å². The minimum atomic E-state index is -0.1000. The first-order chi connectivity index (χ1) is 10.8. The van der Waals surface area contributed by atoms with Gasteiger partial charge < -0.3 is 5.32 Å². The van der Waals surface area contributed by atoms with Gasteiger partial charge >= 0.3 is 0 Å². The van der Waals surface area contributed by atoms with Gasteiger partial charge in [-0.05, 0) is 40.1 Å². The summed E-state index contributed by atoms with van der Waals surface area (Å²) in [5.41, 5.74) is 3.98. The zero-order valence-corrected chi connectivity index (χ0v) is 12.0. The fourth-order valence-electron chi connectivity index (χ4n) is 3.02. The number of fused-ring (bicyclic) bond motifs is 2. The van der Waals surface area contributed by atoms with Gasteiger partial charge in [-0.1, -0.05) is 54.6 Å². The SMILES string of the molecule is O=CC1=Cc2ccccc2N[C@@H]1c1ccc2ccccc2c1. The lowest BCUT2D eigenvalue weighted by Crippen LogP contribution is -2.18. The van der Waals surface area contributed by atoms with Crippen LogP contribution in [-0.2, 0) is 4.79 Å². The molecule has 22 heavy (non-hydrogen) atoms. The van der Waals surface area contributed by atoms with E-state index in [9.17, 15) is 4.79 Å². The number of rotatable bonds is 2. The molecule has 0 spiro atoms. The molecule has 0 radical (unpaired) electrons. The van der Waals surface area contributed by atoms with Gasteiger partial charge in [0, 0.05) is 11.3 Å². The Kier molecular flexibility index (Phi) is 3.01. The molecule has 2 heteroatoms. The minimum Gasteiger partial charge on any atom is -0.374 e. The highest BCUT2D eigenvalue weighted by molar-refractivity contribution is 5.91. The van der Waals surface area contributed by atoms with Crippen LogP contribution in [0, 0.1) is 0 Å². The van der Waals surface area contributed by atoms with Crippen molar-refractivity contribution in [3.05, 3.63) is 83.4 Å². The first kappa shape index (κ1) is 12.8. The van der Waals surface area contributed by atoms with Gasteiger partial charge in [0.2, 0.25) is 0 Å². The van der Waals surface area contributed by atoms with Crippen molar-refractivity contribution in [3.63, 3.8) is 0 Å². The quantitative estimate of drug-likeness (QED) is 0.698. The van der Waals surface area contributed by atoms with Crippen LogP contribution in [0.5, 0.6) is 0 Å². The molecular formula is C20H15NO. The maximum Gasteiger partial charge on any atom is 0.148 e. The summed E-state index contributed by atoms with van der Waals surface area (Å²) in [5, 5.41) is 5.87. The van der Waals surface area contributed by atoms with E-state index < -0.39 is 0 Å². The number of carbonyl (C=O) groups excluding carboxylic acids is 1. The summed E-state index contributed by atoms with van der Waals surface area (Å²) in [5.74, 6) is 0. The third-order valence-electron chi connectivity index (χ3n) is 4.16. The van der Waals surface area contributed by atoms with Gasteiger partial charge in [0.25, 0.3) is 0 Å². The molecule has 1 atom stereocenters. The summed E-state index contributed by atoms with van der Waals surface area (Å²) in [6.07, 6.45) is 2.92. The molecule has 4 rings (SSSR count). The number of nitrogens with one attached hydrogen (secondary N) is 1. The molecule has 0 unspecified atom stereocenters. The van der Waals surface area contributed by atoms with Crippen LogP contribution in [0.25, 0.3) is 16.8 Å². The lowest BCUT2D eigenvalue weighted by Gasteiger charge is -2.26. The first-order valence-electron chi connectivity index (χ1n) is 7.36. The van der Waals surface area contributed by atoms with E-state index in [1.165, 1.54) is 10.8 Å². The Hall–Kier alpha value is -2.87. The van der Waals surface area contributed by atoms with Gasteiger partial charge in [-0.15, -0.1) is 0 Å². The van der Waals surface area contributed by atoms with Crippen LogP contribution in [0.15, 0.2) is 72.3 Å². The summed E-state index contributed by atoms with van der Waals surface area (Å²) < 4.78 is 0. The summed E-state index contributed by atoms with van der Waals surface area (Å²) >= 11 is 0. The average molecular weight is 285 g/mol. The Morgan fingerprint density at radius 3 is 2.50 bits per heavy atom. The molecule has 0 saturated heterocycles. The monoisotopic (exact) mass is 285 g/mol. The van der Waals surface area contributed by atoms with Gasteiger partial charge in [0.15, 0.2) is 0 Å². The van der Waals surface area contributed by atoms with E-state index in [4.69, 9.17) is 0 Å². The molecule has 106 valence electrons. The number of anilines is 1. The molecular weight excluding hydrogens is 270 g/mol. The second-order valence-electron chi connectivity index (χ2n) is 5.53. The Morgan fingerprint density at radius 2 is 1.64 bits per heavy atom. The van der Waals surface area contributed by atoms with Crippen molar-refractivity contribution in [2.45, 2.75) is 6.04 Å². The molecule has 1 N–H and O–H groups in total. The van der Waals surface area contributed by atoms with E-state index in [1.807, 2.05) is 42.5 Å². The third-order valence-corrected chi connectivity index (χ3v) is 4.16. The molecule has 2 nitrogen and oxygen atoms in total. The Bertz CT molecular complexity index is 895. The van der Waals surface area contributed by atoms with Gasteiger partial charge in [0.05, 0.1) is 6.04 Å². The molecule has 0 aromatic heterocycles. The van der Waals surface area contributed by atoms with Gasteiger partial charge in [-0.3, -0.25) is 4.79 Å². The lowest BCUT2D eigenvalue weighted by molar-refractivity contribution is -0.105. The summed E-state index contributed by atoms with van der Waals surface area (Å²) in [6.45, 7) is 0. The molecule has 1 aliphatic heterocycles. The van der Waals surface area contributed by atoms with E-state index in [0.29, 0.717) is 0 Å². The van der Waals surface area contributed by atoms with Crippen LogP contribution in [0.3, 0.4) is 0 Å². The number of carbonyl (C=O) groups is 1. The smallest absolute Gasteiger partial charge is 0.148 e. The van der Waals surface area contributed by atoms with Gasteiger partial charge in [0.1, 0.15) is 6.29 Å². The molecule has 1 heterocycles. The van der Waals surface area contributed by atoms with Crippen molar-refractivity contribution in [1.29, 1.82) is 0 Å². The van der Waals surface area contributed by atoms with E-state index in [-0.39, 0.29) is 6.04 Å². The largest absolute Gasteiger partial charge is 0.374 e. The zero-order valence-electron chi connectivity index (χ0n) is 12.0. The van der Waals surface area contributed by atoms with E-state index in [2.05, 4.69) is 35.6 Å². The highest BCUT2D eigenvalue weighted by Gasteiger charge is 2.21. The molecule has 0 saturated carbocycles. The molecule has 3 aromatic carbocycles. The third kappa shape index (κ3) is 2.09. The topological polar surface area (TPSA) is 29.1 Å². The molecule has 1 aliphatic rings. The number of hydrogen-bond donors (Lipinski definition) is 1. The Balaban J connectivity index is 1.82. The van der Waals surface area contributed by atoms with Gasteiger partial charge in [-0.25, -0.2) is 0 Å². The number of benzene rings is 3. The van der Waals surface area contributed by atoms with Crippen LogP contribution in [0.1, 0.15) is 17.2 Å². The van der Waals surface area contributed by atoms with Crippen LogP contribution < -0.4 is 5.32 Å². The predicted octanol–water partition coefficient (Wildman–Crippen LogP) is 4.59. The summed E-state index contributed by atoms with van der Waals surface area (Å²) in [4.78, 5) is 11.5. The fourth-order valence-corrected chi connectivity index (χ4v) is 3.02. The molecule has 0 bridgehead atoms. The molecule has 3 aromatic rings. The van der Waals surface area contributed by atoms with E-state index >= 15 is 0 Å². The zero-order chi connectivity index (χ0) is 14.9. The van der Waals surface area contributed by atoms with E-state index in [1.54, 1.807) is 0 Å². The summed E-state index contributed by atoms with van der Waals surface area (Å²) in [6, 6.07) is 22.6. The van der Waals surface area contributed by atoms with Crippen molar-refractivity contribution in [3.8, 4) is 0 Å². The van der Waals surface area contributed by atoms with Gasteiger partial charge in [-0.2, -0.15) is 0 Å². The maximum atomic E-state index is 11.5. The molecule has 0 aliphatic carbocycles. The van der Waals surface area contributed by atoms with Crippen LogP contribution in [0.4, 0.5) is 5.69 Å². The number of para-hydroxylation sites is 1. The Labute approximate surface area is 129 Å². The highest BCUT2D eigenvalue weighted by atomic mass is 16.1. The fraction of sp³-hybridized carbons (Fsp3) is 0.0500. The lowest BCUT2D eigenvalue weighted by atomic mass is 9.92. The molecule has 0 fully saturated rings. The maximum absolute atomic E-state index is 11.5. The second kappa shape index (κ2) is 5.15. The van der Waals surface area contributed by atoms with Crippen molar-refractivity contribution in [1.82, 2.24) is 0 Å². The normalized spacial score (nSPS) is 16.5. The number of hydrogen-bond acceptors (Lipinski definition) is 2. The van der Waals surface area contributed by atoms with Crippen LogP contribution >= 0.6 is 0 Å².